The fraction of sp³-hybridized carbons (Fsp3) is 0.786. The molecule has 1 aromatic rings. The second-order valence-corrected chi connectivity index (χ2v) is 5.27. The zero-order chi connectivity index (χ0) is 15.9. The lowest BCUT2D eigenvalue weighted by molar-refractivity contribution is -0.122. The first-order valence-electron chi connectivity index (χ1n) is 7.55. The molecule has 0 saturated carbocycles. The third-order valence-corrected chi connectivity index (χ3v) is 3.65. The van der Waals surface area contributed by atoms with E-state index >= 15 is 0 Å². The minimum atomic E-state index is -0.0798. The first-order valence-corrected chi connectivity index (χ1v) is 7.55. The van der Waals surface area contributed by atoms with Crippen molar-refractivity contribution in [1.29, 1.82) is 0 Å². The molecular weight excluding hydrogens is 288 g/mol. The van der Waals surface area contributed by atoms with E-state index in [1.54, 1.807) is 14.0 Å². The summed E-state index contributed by atoms with van der Waals surface area (Å²) in [4.78, 5) is 18.3. The predicted molar refractivity (Wildman–Crippen MR) is 78.3 cm³/mol. The number of aryl methyl sites for hydroxylation is 1. The van der Waals surface area contributed by atoms with Gasteiger partial charge in [-0.05, 0) is 20.3 Å². The molecule has 1 N–H and O–H groups in total. The Bertz CT molecular complexity index is 479. The first kappa shape index (κ1) is 16.9. The quantitative estimate of drug-likeness (QED) is 0.690. The molecule has 2 heterocycles. The van der Waals surface area contributed by atoms with Crippen LogP contribution < -0.4 is 5.32 Å². The van der Waals surface area contributed by atoms with E-state index in [4.69, 9.17) is 14.0 Å². The van der Waals surface area contributed by atoms with E-state index in [2.05, 4.69) is 15.5 Å². The van der Waals surface area contributed by atoms with Gasteiger partial charge in [0.05, 0.1) is 25.3 Å². The van der Waals surface area contributed by atoms with E-state index in [1.807, 2.05) is 11.8 Å². The van der Waals surface area contributed by atoms with Crippen molar-refractivity contribution in [2.24, 2.45) is 0 Å². The highest BCUT2D eigenvalue weighted by Gasteiger charge is 2.37. The van der Waals surface area contributed by atoms with Gasteiger partial charge in [0.2, 0.25) is 11.8 Å². The molecule has 2 atom stereocenters. The zero-order valence-electron chi connectivity index (χ0n) is 13.4. The summed E-state index contributed by atoms with van der Waals surface area (Å²) in [7, 11) is 1.67. The van der Waals surface area contributed by atoms with Crippen LogP contribution >= 0.6 is 0 Å². The number of hydrogen-bond acceptors (Lipinski definition) is 7. The Morgan fingerprint density at radius 1 is 1.55 bits per heavy atom. The van der Waals surface area contributed by atoms with Crippen molar-refractivity contribution in [3.63, 3.8) is 0 Å². The van der Waals surface area contributed by atoms with Crippen LogP contribution in [-0.4, -0.2) is 67.0 Å². The van der Waals surface area contributed by atoms with Crippen molar-refractivity contribution in [3.8, 4) is 0 Å². The van der Waals surface area contributed by atoms with Crippen LogP contribution in [0.15, 0.2) is 4.52 Å². The Morgan fingerprint density at radius 2 is 2.36 bits per heavy atom. The Balaban J connectivity index is 1.90. The number of amides is 1. The van der Waals surface area contributed by atoms with Crippen molar-refractivity contribution in [2.75, 3.05) is 40.0 Å². The lowest BCUT2D eigenvalue weighted by Crippen LogP contribution is -2.39. The minimum Gasteiger partial charge on any atom is -0.380 e. The summed E-state index contributed by atoms with van der Waals surface area (Å²) in [6.07, 6.45) is 0.804. The molecule has 0 aliphatic carbocycles. The van der Waals surface area contributed by atoms with Crippen LogP contribution in [0.3, 0.4) is 0 Å². The third-order valence-electron chi connectivity index (χ3n) is 3.65. The van der Waals surface area contributed by atoms with E-state index in [9.17, 15) is 4.79 Å². The van der Waals surface area contributed by atoms with E-state index in [1.165, 1.54) is 0 Å². The van der Waals surface area contributed by atoms with E-state index in [-0.39, 0.29) is 24.6 Å². The molecule has 0 bridgehead atoms. The summed E-state index contributed by atoms with van der Waals surface area (Å²) in [5.41, 5.74) is 0. The Kier molecular flexibility index (Phi) is 6.29. The number of rotatable bonds is 8. The smallest absolute Gasteiger partial charge is 0.244 e. The molecule has 8 nitrogen and oxygen atoms in total. The van der Waals surface area contributed by atoms with Gasteiger partial charge in [0, 0.05) is 26.8 Å². The van der Waals surface area contributed by atoms with E-state index < -0.39 is 0 Å². The Labute approximate surface area is 130 Å². The largest absolute Gasteiger partial charge is 0.380 e. The number of nitrogens with one attached hydrogen (secondary N) is 1. The molecule has 1 aromatic heterocycles. The topological polar surface area (TPSA) is 89.7 Å². The average Bonchev–Trinajstić information content (AvgIpc) is 3.09. The van der Waals surface area contributed by atoms with Gasteiger partial charge in [0.25, 0.3) is 0 Å². The number of methoxy groups -OCH3 is 1. The summed E-state index contributed by atoms with van der Waals surface area (Å²) in [6.45, 7) is 6.33. The number of ether oxygens (including phenoxy) is 2. The molecule has 0 spiro atoms. The monoisotopic (exact) mass is 312 g/mol. The molecule has 124 valence electrons. The summed E-state index contributed by atoms with van der Waals surface area (Å²) < 4.78 is 15.9. The van der Waals surface area contributed by atoms with Crippen LogP contribution in [0.2, 0.25) is 0 Å². The normalized spacial score (nSPS) is 22.1. The van der Waals surface area contributed by atoms with Gasteiger partial charge in [0.1, 0.15) is 0 Å². The number of carbonyl (C=O) groups is 1. The van der Waals surface area contributed by atoms with Crippen LogP contribution in [0.4, 0.5) is 0 Å². The second kappa shape index (κ2) is 8.21. The van der Waals surface area contributed by atoms with Crippen LogP contribution in [0.5, 0.6) is 0 Å². The molecule has 1 aliphatic rings. The molecule has 0 unspecified atom stereocenters. The number of nitrogens with zero attached hydrogens (tertiary/aromatic N) is 3. The lowest BCUT2D eigenvalue weighted by Gasteiger charge is -2.20. The third kappa shape index (κ3) is 4.49. The highest BCUT2D eigenvalue weighted by Crippen LogP contribution is 2.31. The maximum absolute atomic E-state index is 12.0. The standard InChI is InChI=1S/C14H24N4O4/c1-4-21-6-5-15-13(19)9-18-8-11(20-3)7-12(18)14-16-10(2)17-22-14/h11-12H,4-9H2,1-3H3,(H,15,19)/t11-,12-/m1/s1. The maximum atomic E-state index is 12.0. The molecule has 2 rings (SSSR count). The van der Waals surface area contributed by atoms with Gasteiger partial charge in [-0.25, -0.2) is 0 Å². The van der Waals surface area contributed by atoms with Gasteiger partial charge in [0.15, 0.2) is 5.82 Å². The Hall–Kier alpha value is -1.51. The fourth-order valence-electron chi connectivity index (χ4n) is 2.56. The van der Waals surface area contributed by atoms with Gasteiger partial charge in [-0.2, -0.15) is 4.98 Å². The van der Waals surface area contributed by atoms with Crippen molar-refractivity contribution < 1.29 is 18.8 Å². The highest BCUT2D eigenvalue weighted by atomic mass is 16.5. The van der Waals surface area contributed by atoms with Crippen molar-refractivity contribution in [3.05, 3.63) is 11.7 Å². The molecule has 22 heavy (non-hydrogen) atoms. The highest BCUT2D eigenvalue weighted by molar-refractivity contribution is 5.78. The maximum Gasteiger partial charge on any atom is 0.244 e. The summed E-state index contributed by atoms with van der Waals surface area (Å²) in [5.74, 6) is 1.09. The van der Waals surface area contributed by atoms with Crippen molar-refractivity contribution >= 4 is 5.91 Å². The summed E-state index contributed by atoms with van der Waals surface area (Å²) in [5, 5.41) is 6.67. The van der Waals surface area contributed by atoms with Gasteiger partial charge in [-0.3, -0.25) is 9.69 Å². The van der Waals surface area contributed by atoms with Gasteiger partial charge >= 0.3 is 0 Å². The fourth-order valence-corrected chi connectivity index (χ4v) is 2.56. The van der Waals surface area contributed by atoms with Gasteiger partial charge < -0.3 is 19.3 Å². The van der Waals surface area contributed by atoms with E-state index in [0.29, 0.717) is 38.0 Å². The first-order chi connectivity index (χ1) is 10.6. The zero-order valence-corrected chi connectivity index (χ0v) is 13.4. The number of hydrogen-bond donors (Lipinski definition) is 1. The molecule has 8 heteroatoms. The van der Waals surface area contributed by atoms with Crippen molar-refractivity contribution in [2.45, 2.75) is 32.4 Å². The lowest BCUT2D eigenvalue weighted by atomic mass is 10.2. The SMILES string of the molecule is CCOCCNC(=O)CN1C[C@H](OC)C[C@@H]1c1nc(C)no1. The number of carbonyl (C=O) groups excluding carboxylic acids is 1. The molecular formula is C14H24N4O4. The molecule has 1 amide bonds. The minimum absolute atomic E-state index is 0.0438. The number of likely N-dealkylation sites (tertiary alicyclic amines) is 1. The summed E-state index contributed by atoms with van der Waals surface area (Å²) >= 11 is 0. The molecule has 0 radical (unpaired) electrons. The molecule has 1 aliphatic heterocycles. The second-order valence-electron chi connectivity index (χ2n) is 5.27. The van der Waals surface area contributed by atoms with Crippen molar-refractivity contribution in [1.82, 2.24) is 20.4 Å². The number of aromatic nitrogens is 2. The van der Waals surface area contributed by atoms with E-state index in [0.717, 1.165) is 6.42 Å². The molecule has 1 fully saturated rings. The van der Waals surface area contributed by atoms with Crippen LogP contribution in [-0.2, 0) is 14.3 Å². The van der Waals surface area contributed by atoms with Gasteiger partial charge in [-0.15, -0.1) is 0 Å². The molecule has 0 aromatic carbocycles. The van der Waals surface area contributed by atoms with Gasteiger partial charge in [-0.1, -0.05) is 5.16 Å². The predicted octanol–water partition coefficient (Wildman–Crippen LogP) is 0.293. The van der Waals surface area contributed by atoms with Crippen LogP contribution in [0.1, 0.15) is 31.1 Å². The molecule has 1 saturated heterocycles. The van der Waals surface area contributed by atoms with Crippen LogP contribution in [0.25, 0.3) is 0 Å². The van der Waals surface area contributed by atoms with Crippen LogP contribution in [0, 0.1) is 6.92 Å². The summed E-state index contributed by atoms with van der Waals surface area (Å²) in [6, 6.07) is -0.0798. The average molecular weight is 312 g/mol. The Morgan fingerprint density at radius 3 is 3.00 bits per heavy atom.